The summed E-state index contributed by atoms with van der Waals surface area (Å²) < 4.78 is 27.7. The van der Waals surface area contributed by atoms with Crippen molar-refractivity contribution in [3.63, 3.8) is 0 Å². The van der Waals surface area contributed by atoms with Gasteiger partial charge in [0.2, 0.25) is 5.91 Å². The molecule has 0 unspecified atom stereocenters. The maximum Gasteiger partial charge on any atom is 0.263 e. The van der Waals surface area contributed by atoms with Crippen molar-refractivity contribution in [1.29, 1.82) is 0 Å². The van der Waals surface area contributed by atoms with E-state index in [1.807, 2.05) is 60.7 Å². The molecule has 162 valence electrons. The SMILES string of the molecule is Cc1csc(NS(=O)(=O)c2ccc(NC(=O)C(c3ccccc3)c3ccccc3)cc2)n1. The number of amides is 1. The molecule has 4 rings (SSSR count). The second-order valence-corrected chi connectivity index (χ2v) is 9.71. The Balaban J connectivity index is 1.53. The van der Waals surface area contributed by atoms with Crippen LogP contribution in [-0.2, 0) is 14.8 Å². The number of rotatable bonds is 7. The zero-order valence-corrected chi connectivity index (χ0v) is 18.9. The minimum absolute atomic E-state index is 0.0889. The largest absolute Gasteiger partial charge is 0.325 e. The third-order valence-electron chi connectivity index (χ3n) is 4.80. The molecule has 0 aliphatic carbocycles. The number of nitrogens with one attached hydrogen (secondary N) is 2. The van der Waals surface area contributed by atoms with Crippen LogP contribution in [0.5, 0.6) is 0 Å². The normalized spacial score (nSPS) is 11.3. The Morgan fingerprint density at radius 1 is 0.875 bits per heavy atom. The summed E-state index contributed by atoms with van der Waals surface area (Å²) in [4.78, 5) is 17.4. The number of hydrogen-bond acceptors (Lipinski definition) is 5. The highest BCUT2D eigenvalue weighted by Crippen LogP contribution is 2.27. The summed E-state index contributed by atoms with van der Waals surface area (Å²) in [5.41, 5.74) is 3.00. The lowest BCUT2D eigenvalue weighted by atomic mass is 9.90. The van der Waals surface area contributed by atoms with Crippen molar-refractivity contribution in [2.24, 2.45) is 0 Å². The molecule has 0 bridgehead atoms. The molecule has 1 amide bonds. The highest BCUT2D eigenvalue weighted by atomic mass is 32.2. The molecule has 6 nitrogen and oxygen atoms in total. The molecule has 4 aromatic rings. The van der Waals surface area contributed by atoms with Gasteiger partial charge in [-0.25, -0.2) is 13.4 Å². The summed E-state index contributed by atoms with van der Waals surface area (Å²) in [6, 6.07) is 25.1. The second kappa shape index (κ2) is 9.33. The van der Waals surface area contributed by atoms with E-state index in [0.29, 0.717) is 10.8 Å². The summed E-state index contributed by atoms with van der Waals surface area (Å²) in [6.07, 6.45) is 0. The minimum Gasteiger partial charge on any atom is -0.325 e. The molecule has 0 fully saturated rings. The van der Waals surface area contributed by atoms with Gasteiger partial charge in [0.05, 0.1) is 16.5 Å². The zero-order valence-electron chi connectivity index (χ0n) is 17.2. The third-order valence-corrected chi connectivity index (χ3v) is 7.16. The second-order valence-electron chi connectivity index (χ2n) is 7.17. The van der Waals surface area contributed by atoms with E-state index in [-0.39, 0.29) is 10.8 Å². The van der Waals surface area contributed by atoms with Crippen molar-refractivity contribution in [2.45, 2.75) is 17.7 Å². The Hall–Kier alpha value is -3.49. The topological polar surface area (TPSA) is 88.2 Å². The smallest absolute Gasteiger partial charge is 0.263 e. The number of carbonyl (C=O) groups excluding carboxylic acids is 1. The molecule has 1 heterocycles. The van der Waals surface area contributed by atoms with Crippen molar-refractivity contribution < 1.29 is 13.2 Å². The number of hydrogen-bond donors (Lipinski definition) is 2. The monoisotopic (exact) mass is 463 g/mol. The average molecular weight is 464 g/mol. The molecule has 8 heteroatoms. The van der Waals surface area contributed by atoms with Crippen LogP contribution in [0.2, 0.25) is 0 Å². The van der Waals surface area contributed by atoms with Crippen LogP contribution in [-0.4, -0.2) is 19.3 Å². The summed E-state index contributed by atoms with van der Waals surface area (Å²) in [5.74, 6) is -0.690. The molecule has 1 aromatic heterocycles. The molecule has 32 heavy (non-hydrogen) atoms. The van der Waals surface area contributed by atoms with E-state index in [2.05, 4.69) is 15.0 Å². The first kappa shape index (κ1) is 21.7. The molecule has 0 spiro atoms. The van der Waals surface area contributed by atoms with Gasteiger partial charge in [0.1, 0.15) is 0 Å². The van der Waals surface area contributed by atoms with Crippen LogP contribution in [0.1, 0.15) is 22.7 Å². The predicted octanol–water partition coefficient (Wildman–Crippen LogP) is 5.02. The number of anilines is 2. The van der Waals surface area contributed by atoms with Crippen LogP contribution in [0.15, 0.2) is 95.2 Å². The van der Waals surface area contributed by atoms with Gasteiger partial charge in [-0.05, 0) is 42.3 Å². The molecule has 0 saturated carbocycles. The quantitative estimate of drug-likeness (QED) is 0.403. The van der Waals surface area contributed by atoms with Crippen molar-refractivity contribution in [3.8, 4) is 0 Å². The van der Waals surface area contributed by atoms with Crippen molar-refractivity contribution in [3.05, 3.63) is 107 Å². The predicted molar refractivity (Wildman–Crippen MR) is 127 cm³/mol. The first-order chi connectivity index (χ1) is 15.4. The fourth-order valence-corrected chi connectivity index (χ4v) is 5.23. The summed E-state index contributed by atoms with van der Waals surface area (Å²) in [6.45, 7) is 1.80. The van der Waals surface area contributed by atoms with Crippen molar-refractivity contribution in [2.75, 3.05) is 10.0 Å². The van der Waals surface area contributed by atoms with Crippen LogP contribution >= 0.6 is 11.3 Å². The average Bonchev–Trinajstić information content (AvgIpc) is 3.19. The van der Waals surface area contributed by atoms with E-state index in [1.165, 1.54) is 23.5 Å². The number of nitrogens with zero attached hydrogens (tertiary/aromatic N) is 1. The lowest BCUT2D eigenvalue weighted by molar-refractivity contribution is -0.116. The van der Waals surface area contributed by atoms with E-state index < -0.39 is 15.9 Å². The Kier molecular flexibility index (Phi) is 6.34. The summed E-state index contributed by atoms with van der Waals surface area (Å²) >= 11 is 1.22. The number of carbonyl (C=O) groups is 1. The first-order valence-corrected chi connectivity index (χ1v) is 12.2. The van der Waals surface area contributed by atoms with E-state index in [0.717, 1.165) is 16.8 Å². The summed E-state index contributed by atoms with van der Waals surface area (Å²) in [5, 5.41) is 4.99. The van der Waals surface area contributed by atoms with Gasteiger partial charge >= 0.3 is 0 Å². The van der Waals surface area contributed by atoms with Gasteiger partial charge < -0.3 is 5.32 Å². The van der Waals surface area contributed by atoms with Crippen LogP contribution in [0.3, 0.4) is 0 Å². The molecule has 0 radical (unpaired) electrons. The van der Waals surface area contributed by atoms with Gasteiger partial charge in [0.25, 0.3) is 10.0 Å². The fraction of sp³-hybridized carbons (Fsp3) is 0.0833. The minimum atomic E-state index is -3.76. The maximum atomic E-state index is 13.2. The highest BCUT2D eigenvalue weighted by Gasteiger charge is 2.23. The molecular formula is C24H21N3O3S2. The number of sulfonamides is 1. The Labute approximate surface area is 191 Å². The lowest BCUT2D eigenvalue weighted by Gasteiger charge is -2.18. The van der Waals surface area contributed by atoms with E-state index in [9.17, 15) is 13.2 Å². The first-order valence-electron chi connectivity index (χ1n) is 9.88. The Morgan fingerprint density at radius 3 is 1.94 bits per heavy atom. The fourth-order valence-electron chi connectivity index (χ4n) is 3.29. The van der Waals surface area contributed by atoms with E-state index in [4.69, 9.17) is 0 Å². The van der Waals surface area contributed by atoms with Gasteiger partial charge in [-0.3, -0.25) is 9.52 Å². The zero-order chi connectivity index (χ0) is 22.6. The van der Waals surface area contributed by atoms with Crippen molar-refractivity contribution in [1.82, 2.24) is 4.98 Å². The molecule has 3 aromatic carbocycles. The van der Waals surface area contributed by atoms with Crippen LogP contribution in [0, 0.1) is 6.92 Å². The maximum absolute atomic E-state index is 13.2. The van der Waals surface area contributed by atoms with Gasteiger partial charge in [0, 0.05) is 11.1 Å². The van der Waals surface area contributed by atoms with Crippen LogP contribution < -0.4 is 10.0 Å². The van der Waals surface area contributed by atoms with Crippen LogP contribution in [0.4, 0.5) is 10.8 Å². The highest BCUT2D eigenvalue weighted by molar-refractivity contribution is 7.93. The molecule has 0 aliphatic rings. The number of aryl methyl sites for hydroxylation is 1. The standard InChI is InChI=1S/C24H21N3O3S2/c1-17-16-31-24(25-17)27-32(29,30)21-14-12-20(13-15-21)26-23(28)22(18-8-4-2-5-9-18)19-10-6-3-7-11-19/h2-16,22H,1H3,(H,25,27)(H,26,28). The molecular weight excluding hydrogens is 442 g/mol. The van der Waals surface area contributed by atoms with Gasteiger partial charge in [-0.15, -0.1) is 11.3 Å². The Morgan fingerprint density at radius 2 is 1.44 bits per heavy atom. The van der Waals surface area contributed by atoms with Crippen molar-refractivity contribution >= 4 is 38.1 Å². The molecule has 2 N–H and O–H groups in total. The van der Waals surface area contributed by atoms with Crippen LogP contribution in [0.25, 0.3) is 0 Å². The van der Waals surface area contributed by atoms with Gasteiger partial charge in [0.15, 0.2) is 5.13 Å². The third kappa shape index (κ3) is 5.04. The van der Waals surface area contributed by atoms with Gasteiger partial charge in [-0.1, -0.05) is 60.7 Å². The molecule has 0 saturated heterocycles. The van der Waals surface area contributed by atoms with E-state index in [1.54, 1.807) is 24.4 Å². The number of aromatic nitrogens is 1. The number of thiazole rings is 1. The molecule has 0 aliphatic heterocycles. The Bertz CT molecular complexity index is 1260. The molecule has 0 atom stereocenters. The van der Waals surface area contributed by atoms with E-state index >= 15 is 0 Å². The summed E-state index contributed by atoms with van der Waals surface area (Å²) in [7, 11) is -3.76. The number of benzene rings is 3. The van der Waals surface area contributed by atoms with Gasteiger partial charge in [-0.2, -0.15) is 0 Å². The lowest BCUT2D eigenvalue weighted by Crippen LogP contribution is -2.22.